The van der Waals surface area contributed by atoms with Crippen LogP contribution in [0.2, 0.25) is 0 Å². The third-order valence-corrected chi connectivity index (χ3v) is 3.92. The van der Waals surface area contributed by atoms with Crippen LogP contribution in [0.5, 0.6) is 11.5 Å². The van der Waals surface area contributed by atoms with Gasteiger partial charge in [-0.15, -0.1) is 24.0 Å². The van der Waals surface area contributed by atoms with Crippen LogP contribution in [0, 0.1) is 0 Å². The summed E-state index contributed by atoms with van der Waals surface area (Å²) in [6, 6.07) is 15.5. The summed E-state index contributed by atoms with van der Waals surface area (Å²) in [7, 11) is 2.03. The summed E-state index contributed by atoms with van der Waals surface area (Å²) in [5, 5.41) is 12.9. The number of phenolic OH excluding ortho intramolecular Hbond substituents is 1. The molecule has 0 fully saturated rings. The van der Waals surface area contributed by atoms with Crippen LogP contribution < -0.4 is 10.1 Å². The standard InChI is InChI=1S/C21H29N3O2.HI/c1-4-22-21(23-14-13-17-7-6-8-19(25)15-17)24(3)16-18-9-11-20(12-10-18)26-5-2;/h6-12,15,25H,4-5,13-14,16H2,1-3H3,(H,22,23);1H. The first-order chi connectivity index (χ1) is 12.6. The van der Waals surface area contributed by atoms with Crippen LogP contribution in [0.3, 0.4) is 0 Å². The van der Waals surface area contributed by atoms with Gasteiger partial charge in [-0.25, -0.2) is 0 Å². The molecule has 2 aromatic rings. The van der Waals surface area contributed by atoms with Gasteiger partial charge in [-0.05, 0) is 55.7 Å². The molecule has 0 aromatic heterocycles. The molecule has 27 heavy (non-hydrogen) atoms. The van der Waals surface area contributed by atoms with Crippen molar-refractivity contribution in [3.63, 3.8) is 0 Å². The van der Waals surface area contributed by atoms with Crippen molar-refractivity contribution in [1.29, 1.82) is 0 Å². The Kier molecular flexibility index (Phi) is 10.6. The summed E-state index contributed by atoms with van der Waals surface area (Å²) < 4.78 is 5.49. The van der Waals surface area contributed by atoms with Gasteiger partial charge >= 0.3 is 0 Å². The second kappa shape index (κ2) is 12.4. The highest BCUT2D eigenvalue weighted by molar-refractivity contribution is 14.0. The monoisotopic (exact) mass is 483 g/mol. The minimum Gasteiger partial charge on any atom is -0.508 e. The van der Waals surface area contributed by atoms with Crippen molar-refractivity contribution in [1.82, 2.24) is 10.2 Å². The van der Waals surface area contributed by atoms with Crippen molar-refractivity contribution < 1.29 is 9.84 Å². The first-order valence-electron chi connectivity index (χ1n) is 9.11. The van der Waals surface area contributed by atoms with E-state index in [4.69, 9.17) is 9.73 Å². The summed E-state index contributed by atoms with van der Waals surface area (Å²) in [4.78, 5) is 6.82. The van der Waals surface area contributed by atoms with Crippen LogP contribution in [0.4, 0.5) is 0 Å². The molecule has 2 N–H and O–H groups in total. The van der Waals surface area contributed by atoms with Gasteiger partial charge in [0, 0.05) is 26.7 Å². The molecule has 5 nitrogen and oxygen atoms in total. The van der Waals surface area contributed by atoms with Crippen molar-refractivity contribution in [3.05, 3.63) is 59.7 Å². The largest absolute Gasteiger partial charge is 0.508 e. The Balaban J connectivity index is 0.00000364. The second-order valence-corrected chi connectivity index (χ2v) is 6.09. The lowest BCUT2D eigenvalue weighted by atomic mass is 10.1. The summed E-state index contributed by atoms with van der Waals surface area (Å²) in [5.41, 5.74) is 2.29. The molecule has 2 aromatic carbocycles. The van der Waals surface area contributed by atoms with Gasteiger partial charge in [0.1, 0.15) is 11.5 Å². The number of guanidine groups is 1. The molecule has 0 saturated heterocycles. The molecule has 0 aliphatic rings. The fourth-order valence-electron chi connectivity index (χ4n) is 2.68. The summed E-state index contributed by atoms with van der Waals surface area (Å²) in [5.74, 6) is 2.07. The highest BCUT2D eigenvalue weighted by Gasteiger charge is 2.07. The molecular weight excluding hydrogens is 453 g/mol. The zero-order valence-electron chi connectivity index (χ0n) is 16.3. The molecular formula is C21H30IN3O2. The van der Waals surface area contributed by atoms with Gasteiger partial charge in [0.25, 0.3) is 0 Å². The summed E-state index contributed by atoms with van der Waals surface area (Å²) in [6.07, 6.45) is 0.792. The van der Waals surface area contributed by atoms with E-state index in [0.29, 0.717) is 18.9 Å². The molecule has 0 bridgehead atoms. The van der Waals surface area contributed by atoms with E-state index >= 15 is 0 Å². The molecule has 0 aliphatic carbocycles. The number of hydrogen-bond acceptors (Lipinski definition) is 3. The van der Waals surface area contributed by atoms with Gasteiger partial charge in [0.2, 0.25) is 0 Å². The summed E-state index contributed by atoms with van der Waals surface area (Å²) in [6.45, 7) is 6.98. The number of hydrogen-bond donors (Lipinski definition) is 2. The highest BCUT2D eigenvalue weighted by Crippen LogP contribution is 2.14. The van der Waals surface area contributed by atoms with Crippen LogP contribution in [0.25, 0.3) is 0 Å². The molecule has 0 amide bonds. The molecule has 0 unspecified atom stereocenters. The van der Waals surface area contributed by atoms with Crippen LogP contribution in [0.1, 0.15) is 25.0 Å². The average Bonchev–Trinajstić information content (AvgIpc) is 2.63. The number of nitrogens with zero attached hydrogens (tertiary/aromatic N) is 2. The third kappa shape index (κ3) is 8.07. The lowest BCUT2D eigenvalue weighted by Crippen LogP contribution is -2.38. The molecule has 0 saturated carbocycles. The molecule has 0 spiro atoms. The number of nitrogens with one attached hydrogen (secondary N) is 1. The number of halogens is 1. The Labute approximate surface area is 179 Å². The van der Waals surface area contributed by atoms with Gasteiger partial charge in [-0.3, -0.25) is 4.99 Å². The normalized spacial score (nSPS) is 10.9. The van der Waals surface area contributed by atoms with Crippen molar-refractivity contribution >= 4 is 29.9 Å². The van der Waals surface area contributed by atoms with Crippen molar-refractivity contribution in [2.45, 2.75) is 26.8 Å². The fourth-order valence-corrected chi connectivity index (χ4v) is 2.68. The van der Waals surface area contributed by atoms with Gasteiger partial charge in [0.15, 0.2) is 5.96 Å². The smallest absolute Gasteiger partial charge is 0.193 e. The topological polar surface area (TPSA) is 57.1 Å². The third-order valence-electron chi connectivity index (χ3n) is 3.92. The van der Waals surface area contributed by atoms with E-state index in [2.05, 4.69) is 29.3 Å². The van der Waals surface area contributed by atoms with E-state index < -0.39 is 0 Å². The Morgan fingerprint density at radius 2 is 1.85 bits per heavy atom. The number of aliphatic imine (C=N–C) groups is 1. The van der Waals surface area contributed by atoms with Crippen LogP contribution >= 0.6 is 24.0 Å². The number of phenols is 1. The Morgan fingerprint density at radius 3 is 2.48 bits per heavy atom. The Hall–Kier alpha value is -1.96. The van der Waals surface area contributed by atoms with E-state index in [1.54, 1.807) is 12.1 Å². The fraction of sp³-hybridized carbons (Fsp3) is 0.381. The SMILES string of the molecule is CCNC(=NCCc1cccc(O)c1)N(C)Cc1ccc(OCC)cc1.I. The number of aromatic hydroxyl groups is 1. The number of benzene rings is 2. The predicted octanol–water partition coefficient (Wildman–Crippen LogP) is 4.05. The van der Waals surface area contributed by atoms with Crippen molar-refractivity contribution in [2.24, 2.45) is 4.99 Å². The predicted molar refractivity (Wildman–Crippen MR) is 122 cm³/mol. The van der Waals surface area contributed by atoms with Gasteiger partial charge in [-0.2, -0.15) is 0 Å². The van der Waals surface area contributed by atoms with Crippen LogP contribution in [-0.4, -0.2) is 42.7 Å². The quantitative estimate of drug-likeness (QED) is 0.338. The lowest BCUT2D eigenvalue weighted by Gasteiger charge is -2.22. The minimum absolute atomic E-state index is 0. The van der Waals surface area contributed by atoms with E-state index in [0.717, 1.165) is 36.8 Å². The van der Waals surface area contributed by atoms with E-state index in [1.165, 1.54) is 5.56 Å². The lowest BCUT2D eigenvalue weighted by molar-refractivity contribution is 0.340. The molecule has 0 atom stereocenters. The first-order valence-corrected chi connectivity index (χ1v) is 9.11. The van der Waals surface area contributed by atoms with Crippen molar-refractivity contribution in [3.8, 4) is 11.5 Å². The molecule has 2 rings (SSSR count). The van der Waals surface area contributed by atoms with Gasteiger partial charge in [-0.1, -0.05) is 24.3 Å². The van der Waals surface area contributed by atoms with Crippen LogP contribution in [0.15, 0.2) is 53.5 Å². The zero-order chi connectivity index (χ0) is 18.8. The summed E-state index contributed by atoms with van der Waals surface area (Å²) >= 11 is 0. The molecule has 6 heteroatoms. The first kappa shape index (κ1) is 23.1. The van der Waals surface area contributed by atoms with E-state index in [1.807, 2.05) is 38.2 Å². The van der Waals surface area contributed by atoms with Gasteiger partial charge in [0.05, 0.1) is 6.61 Å². The maximum Gasteiger partial charge on any atom is 0.193 e. The highest BCUT2D eigenvalue weighted by atomic mass is 127. The van der Waals surface area contributed by atoms with Crippen molar-refractivity contribution in [2.75, 3.05) is 26.7 Å². The molecule has 0 radical (unpaired) electrons. The van der Waals surface area contributed by atoms with E-state index in [-0.39, 0.29) is 24.0 Å². The van der Waals surface area contributed by atoms with Crippen LogP contribution in [-0.2, 0) is 13.0 Å². The van der Waals surface area contributed by atoms with E-state index in [9.17, 15) is 5.11 Å². The Morgan fingerprint density at radius 1 is 1.11 bits per heavy atom. The molecule has 148 valence electrons. The second-order valence-electron chi connectivity index (χ2n) is 6.09. The average molecular weight is 483 g/mol. The zero-order valence-corrected chi connectivity index (χ0v) is 18.6. The number of ether oxygens (including phenoxy) is 1. The van der Waals surface area contributed by atoms with Gasteiger partial charge < -0.3 is 20.1 Å². The maximum absolute atomic E-state index is 9.55. The molecule has 0 heterocycles. The Bertz CT molecular complexity index is 705. The maximum atomic E-state index is 9.55. The minimum atomic E-state index is 0. The molecule has 0 aliphatic heterocycles. The number of rotatable bonds is 8.